The molecule has 2 rings (SSSR count). The highest BCUT2D eigenvalue weighted by Crippen LogP contribution is 2.30. The first-order valence-electron chi connectivity index (χ1n) is 5.91. The summed E-state index contributed by atoms with van der Waals surface area (Å²) < 4.78 is 0. The third-order valence-corrected chi connectivity index (χ3v) is 3.42. The van der Waals surface area contributed by atoms with E-state index in [9.17, 15) is 9.59 Å². The lowest BCUT2D eigenvalue weighted by molar-refractivity contribution is -0.147. The van der Waals surface area contributed by atoms with E-state index in [0.29, 0.717) is 19.5 Å². The molecule has 0 aliphatic carbocycles. The zero-order chi connectivity index (χ0) is 13.2. The van der Waals surface area contributed by atoms with Crippen LogP contribution in [0, 0.1) is 5.41 Å². The molecule has 2 heterocycles. The van der Waals surface area contributed by atoms with Gasteiger partial charge in [0.25, 0.3) is 0 Å². The topological polar surface area (TPSA) is 70.5 Å². The summed E-state index contributed by atoms with van der Waals surface area (Å²) in [4.78, 5) is 28.7. The number of carbonyl (C=O) groups is 2. The normalized spacial score (nSPS) is 23.1. The van der Waals surface area contributed by atoms with Crippen LogP contribution < -0.4 is 0 Å². The van der Waals surface area contributed by atoms with Gasteiger partial charge in [-0.3, -0.25) is 14.6 Å². The first kappa shape index (κ1) is 12.5. The van der Waals surface area contributed by atoms with Gasteiger partial charge >= 0.3 is 5.97 Å². The third-order valence-electron chi connectivity index (χ3n) is 3.42. The second kappa shape index (κ2) is 4.76. The molecule has 96 valence electrons. The Bertz CT molecular complexity index is 461. The minimum atomic E-state index is -0.834. The van der Waals surface area contributed by atoms with Gasteiger partial charge in [-0.05, 0) is 25.0 Å². The molecule has 1 aliphatic heterocycles. The van der Waals surface area contributed by atoms with E-state index in [1.165, 1.54) is 0 Å². The molecule has 5 nitrogen and oxygen atoms in total. The number of carbonyl (C=O) groups excluding carboxylic acids is 1. The van der Waals surface area contributed by atoms with Crippen molar-refractivity contribution >= 4 is 11.9 Å². The van der Waals surface area contributed by atoms with Crippen molar-refractivity contribution in [2.45, 2.75) is 19.8 Å². The van der Waals surface area contributed by atoms with Gasteiger partial charge in [0, 0.05) is 25.5 Å². The third kappa shape index (κ3) is 2.50. The van der Waals surface area contributed by atoms with Gasteiger partial charge in [0.1, 0.15) is 0 Å². The van der Waals surface area contributed by atoms with E-state index in [1.807, 2.05) is 6.07 Å². The number of aliphatic carboxylic acids is 1. The molecule has 18 heavy (non-hydrogen) atoms. The number of amides is 1. The monoisotopic (exact) mass is 248 g/mol. The number of carboxylic acids is 1. The summed E-state index contributed by atoms with van der Waals surface area (Å²) in [6.45, 7) is 2.50. The van der Waals surface area contributed by atoms with E-state index < -0.39 is 11.4 Å². The van der Waals surface area contributed by atoms with E-state index in [1.54, 1.807) is 30.3 Å². The van der Waals surface area contributed by atoms with Crippen molar-refractivity contribution in [2.24, 2.45) is 5.41 Å². The number of rotatable bonds is 3. The summed E-state index contributed by atoms with van der Waals surface area (Å²) >= 11 is 0. The summed E-state index contributed by atoms with van der Waals surface area (Å²) in [6, 6.07) is 3.63. The molecule has 0 bridgehead atoms. The Morgan fingerprint density at radius 3 is 2.89 bits per heavy atom. The Morgan fingerprint density at radius 2 is 2.33 bits per heavy atom. The molecular formula is C13H16N2O3. The number of hydrogen-bond acceptors (Lipinski definition) is 3. The van der Waals surface area contributed by atoms with Crippen LogP contribution in [0.3, 0.4) is 0 Å². The number of hydrogen-bond donors (Lipinski definition) is 1. The van der Waals surface area contributed by atoms with Crippen LogP contribution >= 0.6 is 0 Å². The maximum Gasteiger partial charge on any atom is 0.311 e. The van der Waals surface area contributed by atoms with Gasteiger partial charge in [-0.25, -0.2) is 0 Å². The van der Waals surface area contributed by atoms with Gasteiger partial charge < -0.3 is 10.0 Å². The number of nitrogens with zero attached hydrogens (tertiary/aromatic N) is 2. The first-order valence-corrected chi connectivity index (χ1v) is 5.91. The largest absolute Gasteiger partial charge is 0.481 e. The smallest absolute Gasteiger partial charge is 0.311 e. The van der Waals surface area contributed by atoms with Crippen molar-refractivity contribution in [2.75, 3.05) is 13.1 Å². The molecule has 1 aromatic heterocycles. The molecule has 1 atom stereocenters. The average molecular weight is 248 g/mol. The molecule has 1 N–H and O–H groups in total. The van der Waals surface area contributed by atoms with E-state index in [4.69, 9.17) is 5.11 Å². The fourth-order valence-electron chi connectivity index (χ4n) is 2.14. The molecule has 0 aromatic carbocycles. The molecule has 1 aromatic rings. The first-order chi connectivity index (χ1) is 8.51. The van der Waals surface area contributed by atoms with Crippen LogP contribution in [0.5, 0.6) is 0 Å². The van der Waals surface area contributed by atoms with Gasteiger partial charge in [0.2, 0.25) is 5.91 Å². The standard InChI is InChI=1S/C13H16N2O3/c1-13(12(17)18)4-6-15(9-13)11(16)7-10-3-2-5-14-8-10/h2-3,5,8H,4,6-7,9H2,1H3,(H,17,18). The van der Waals surface area contributed by atoms with Gasteiger partial charge in [-0.1, -0.05) is 6.07 Å². The number of pyridine rings is 1. The molecule has 1 aliphatic rings. The lowest BCUT2D eigenvalue weighted by Gasteiger charge is -2.20. The molecule has 0 spiro atoms. The van der Waals surface area contributed by atoms with E-state index >= 15 is 0 Å². The minimum absolute atomic E-state index is 0.0343. The Labute approximate surface area is 105 Å². The van der Waals surface area contributed by atoms with Crippen molar-refractivity contribution in [3.8, 4) is 0 Å². The summed E-state index contributed by atoms with van der Waals surface area (Å²) in [5, 5.41) is 9.11. The summed E-state index contributed by atoms with van der Waals surface area (Å²) in [6.07, 6.45) is 4.11. The lowest BCUT2D eigenvalue weighted by atomic mass is 9.90. The minimum Gasteiger partial charge on any atom is -0.481 e. The highest BCUT2D eigenvalue weighted by Gasteiger charge is 2.41. The van der Waals surface area contributed by atoms with Crippen LogP contribution in [0.2, 0.25) is 0 Å². The zero-order valence-electron chi connectivity index (χ0n) is 10.3. The molecule has 1 amide bonds. The van der Waals surface area contributed by atoms with Gasteiger partial charge in [0.05, 0.1) is 11.8 Å². The Balaban J connectivity index is 1.98. The van der Waals surface area contributed by atoms with Gasteiger partial charge in [-0.2, -0.15) is 0 Å². The highest BCUT2D eigenvalue weighted by molar-refractivity contribution is 5.81. The van der Waals surface area contributed by atoms with Gasteiger partial charge in [0.15, 0.2) is 0 Å². The number of aromatic nitrogens is 1. The second-order valence-corrected chi connectivity index (χ2v) is 4.97. The average Bonchev–Trinajstić information content (AvgIpc) is 2.75. The van der Waals surface area contributed by atoms with E-state index in [2.05, 4.69) is 4.98 Å². The molecule has 0 radical (unpaired) electrons. The fraction of sp³-hybridized carbons (Fsp3) is 0.462. The lowest BCUT2D eigenvalue weighted by Crippen LogP contribution is -2.35. The van der Waals surface area contributed by atoms with Crippen molar-refractivity contribution in [3.63, 3.8) is 0 Å². The van der Waals surface area contributed by atoms with Gasteiger partial charge in [-0.15, -0.1) is 0 Å². The maximum absolute atomic E-state index is 12.0. The molecule has 0 saturated carbocycles. The van der Waals surface area contributed by atoms with Crippen LogP contribution in [0.1, 0.15) is 18.9 Å². The summed E-state index contributed by atoms with van der Waals surface area (Å²) in [5.74, 6) is -0.868. The van der Waals surface area contributed by atoms with Crippen LogP contribution in [0.4, 0.5) is 0 Å². The highest BCUT2D eigenvalue weighted by atomic mass is 16.4. The molecular weight excluding hydrogens is 232 g/mol. The van der Waals surface area contributed by atoms with Crippen molar-refractivity contribution < 1.29 is 14.7 Å². The summed E-state index contributed by atoms with van der Waals surface area (Å²) in [5.41, 5.74) is 0.0522. The predicted molar refractivity (Wildman–Crippen MR) is 64.9 cm³/mol. The number of carboxylic acid groups (broad SMARTS) is 1. The Morgan fingerprint density at radius 1 is 1.56 bits per heavy atom. The molecule has 1 unspecified atom stereocenters. The van der Waals surface area contributed by atoms with Crippen LogP contribution in [0.25, 0.3) is 0 Å². The van der Waals surface area contributed by atoms with Crippen molar-refractivity contribution in [3.05, 3.63) is 30.1 Å². The van der Waals surface area contributed by atoms with Crippen LogP contribution in [0.15, 0.2) is 24.5 Å². The van der Waals surface area contributed by atoms with E-state index in [-0.39, 0.29) is 12.3 Å². The SMILES string of the molecule is CC1(C(=O)O)CCN(C(=O)Cc2cccnc2)C1. The Hall–Kier alpha value is -1.91. The zero-order valence-corrected chi connectivity index (χ0v) is 10.3. The fourth-order valence-corrected chi connectivity index (χ4v) is 2.14. The maximum atomic E-state index is 12.0. The van der Waals surface area contributed by atoms with Crippen LogP contribution in [-0.4, -0.2) is 40.0 Å². The molecule has 1 saturated heterocycles. The predicted octanol–water partition coefficient (Wildman–Crippen LogP) is 0.947. The molecule has 5 heteroatoms. The van der Waals surface area contributed by atoms with Crippen molar-refractivity contribution in [1.29, 1.82) is 0 Å². The second-order valence-electron chi connectivity index (χ2n) is 4.97. The van der Waals surface area contributed by atoms with E-state index in [0.717, 1.165) is 5.56 Å². The number of likely N-dealkylation sites (tertiary alicyclic amines) is 1. The molecule has 1 fully saturated rings. The Kier molecular flexibility index (Phi) is 3.32. The van der Waals surface area contributed by atoms with Crippen LogP contribution in [-0.2, 0) is 16.0 Å². The van der Waals surface area contributed by atoms with Crippen molar-refractivity contribution in [1.82, 2.24) is 9.88 Å². The quantitative estimate of drug-likeness (QED) is 0.864. The summed E-state index contributed by atoms with van der Waals surface area (Å²) in [7, 11) is 0.